The molecule has 0 radical (unpaired) electrons. The van der Waals surface area contributed by atoms with Crippen molar-refractivity contribution in [3.63, 3.8) is 0 Å². The molecule has 2 rings (SSSR count). The third-order valence-corrected chi connectivity index (χ3v) is 3.01. The fourth-order valence-electron chi connectivity index (χ4n) is 2.07. The molecule has 0 unspecified atom stereocenters. The highest BCUT2D eigenvalue weighted by molar-refractivity contribution is 5.88. The summed E-state index contributed by atoms with van der Waals surface area (Å²) in [5.41, 5.74) is 0.266. The van der Waals surface area contributed by atoms with Crippen LogP contribution in [0.2, 0.25) is 0 Å². The maximum absolute atomic E-state index is 13.7. The molecule has 0 aromatic heterocycles. The van der Waals surface area contributed by atoms with E-state index in [1.165, 1.54) is 6.07 Å². The third-order valence-electron chi connectivity index (χ3n) is 3.01. The summed E-state index contributed by atoms with van der Waals surface area (Å²) in [4.78, 5) is 11.5. The molecule has 4 heteroatoms. The lowest BCUT2D eigenvalue weighted by molar-refractivity contribution is 0.0529. The van der Waals surface area contributed by atoms with E-state index in [-0.39, 0.29) is 5.82 Å². The molecule has 0 saturated carbocycles. The minimum atomic E-state index is -0.511. The number of carbonyl (C=O) groups is 1. The van der Waals surface area contributed by atoms with Crippen molar-refractivity contribution in [1.29, 1.82) is 0 Å². The average molecular weight is 313 g/mol. The van der Waals surface area contributed by atoms with Gasteiger partial charge < -0.3 is 10.1 Å². The van der Waals surface area contributed by atoms with E-state index < -0.39 is 11.7 Å². The van der Waals surface area contributed by atoms with Gasteiger partial charge in [0.25, 0.3) is 0 Å². The highest BCUT2D eigenvalue weighted by Crippen LogP contribution is 2.20. The lowest BCUT2D eigenvalue weighted by atomic mass is 10.0. The first-order valence-corrected chi connectivity index (χ1v) is 7.50. The standard InChI is InChI=1S/C19H20FNO2/c1-19(2,3)23-18(22)21-13-7-6-8-14-11-12-17(20)16-10-5-4-9-15(14)16/h4-5,9-12H,7,13H2,1-3H3,(H,21,22). The Bertz CT molecular complexity index is 766. The van der Waals surface area contributed by atoms with E-state index >= 15 is 0 Å². The Morgan fingerprint density at radius 3 is 2.57 bits per heavy atom. The van der Waals surface area contributed by atoms with Crippen LogP contribution in [0.4, 0.5) is 9.18 Å². The van der Waals surface area contributed by atoms with Crippen molar-refractivity contribution in [1.82, 2.24) is 5.32 Å². The SMILES string of the molecule is CC(C)(C)OC(=O)NCCC#Cc1ccc(F)c2ccccc12. The van der Waals surface area contributed by atoms with E-state index in [0.29, 0.717) is 18.4 Å². The minimum Gasteiger partial charge on any atom is -0.444 e. The Labute approximate surface area is 135 Å². The van der Waals surface area contributed by atoms with Gasteiger partial charge in [-0.2, -0.15) is 0 Å². The van der Waals surface area contributed by atoms with Crippen LogP contribution in [0, 0.1) is 17.7 Å². The first-order chi connectivity index (χ1) is 10.9. The summed E-state index contributed by atoms with van der Waals surface area (Å²) < 4.78 is 18.9. The van der Waals surface area contributed by atoms with Gasteiger partial charge in [0, 0.05) is 29.3 Å². The summed E-state index contributed by atoms with van der Waals surface area (Å²) in [5, 5.41) is 4.00. The van der Waals surface area contributed by atoms with Crippen molar-refractivity contribution in [3.8, 4) is 11.8 Å². The smallest absolute Gasteiger partial charge is 0.407 e. The molecule has 0 saturated heterocycles. The van der Waals surface area contributed by atoms with Crippen LogP contribution in [0.3, 0.4) is 0 Å². The second-order valence-electron chi connectivity index (χ2n) is 6.12. The zero-order valence-corrected chi connectivity index (χ0v) is 13.6. The minimum absolute atomic E-state index is 0.252. The number of amides is 1. The number of rotatable bonds is 2. The number of hydrogen-bond acceptors (Lipinski definition) is 2. The van der Waals surface area contributed by atoms with E-state index in [0.717, 1.165) is 10.9 Å². The predicted octanol–water partition coefficient (Wildman–Crippen LogP) is 4.25. The fourth-order valence-corrected chi connectivity index (χ4v) is 2.07. The summed E-state index contributed by atoms with van der Waals surface area (Å²) >= 11 is 0. The van der Waals surface area contributed by atoms with Gasteiger partial charge in [-0.25, -0.2) is 9.18 Å². The number of benzene rings is 2. The van der Waals surface area contributed by atoms with Gasteiger partial charge in [0.1, 0.15) is 11.4 Å². The van der Waals surface area contributed by atoms with Gasteiger partial charge >= 0.3 is 6.09 Å². The van der Waals surface area contributed by atoms with E-state index in [1.807, 2.05) is 32.9 Å². The molecule has 0 fully saturated rings. The van der Waals surface area contributed by atoms with Crippen molar-refractivity contribution >= 4 is 16.9 Å². The van der Waals surface area contributed by atoms with E-state index in [4.69, 9.17) is 4.74 Å². The van der Waals surface area contributed by atoms with Crippen molar-refractivity contribution in [2.75, 3.05) is 6.54 Å². The molecule has 3 nitrogen and oxygen atoms in total. The number of fused-ring (bicyclic) bond motifs is 1. The molecule has 1 N–H and O–H groups in total. The monoisotopic (exact) mass is 313 g/mol. The van der Waals surface area contributed by atoms with Crippen LogP contribution in [0.15, 0.2) is 36.4 Å². The number of carbonyl (C=O) groups excluding carboxylic acids is 1. The maximum atomic E-state index is 13.7. The third kappa shape index (κ3) is 5.00. The van der Waals surface area contributed by atoms with Crippen LogP contribution in [-0.2, 0) is 4.74 Å². The van der Waals surface area contributed by atoms with Crippen LogP contribution in [0.25, 0.3) is 10.8 Å². The Morgan fingerprint density at radius 1 is 1.17 bits per heavy atom. The molecule has 0 spiro atoms. The second-order valence-corrected chi connectivity index (χ2v) is 6.12. The van der Waals surface area contributed by atoms with Gasteiger partial charge in [0.2, 0.25) is 0 Å². The topological polar surface area (TPSA) is 38.3 Å². The number of halogens is 1. The highest BCUT2D eigenvalue weighted by atomic mass is 19.1. The largest absolute Gasteiger partial charge is 0.444 e. The average Bonchev–Trinajstić information content (AvgIpc) is 2.47. The van der Waals surface area contributed by atoms with Gasteiger partial charge in [-0.05, 0) is 32.9 Å². The molecule has 2 aromatic carbocycles. The molecule has 0 aliphatic rings. The Kier molecular flexibility index (Phi) is 5.23. The van der Waals surface area contributed by atoms with Crippen LogP contribution < -0.4 is 5.32 Å². The van der Waals surface area contributed by atoms with Crippen molar-refractivity contribution < 1.29 is 13.9 Å². The van der Waals surface area contributed by atoms with Crippen molar-refractivity contribution in [2.24, 2.45) is 0 Å². The van der Waals surface area contributed by atoms with Crippen molar-refractivity contribution in [3.05, 3.63) is 47.8 Å². The van der Waals surface area contributed by atoms with Crippen LogP contribution >= 0.6 is 0 Å². The van der Waals surface area contributed by atoms with Crippen LogP contribution in [0.1, 0.15) is 32.8 Å². The van der Waals surface area contributed by atoms with Crippen LogP contribution in [0.5, 0.6) is 0 Å². The summed E-state index contributed by atoms with van der Waals surface area (Å²) in [6, 6.07) is 10.3. The molecule has 0 aliphatic heterocycles. The zero-order chi connectivity index (χ0) is 16.9. The zero-order valence-electron chi connectivity index (χ0n) is 13.6. The van der Waals surface area contributed by atoms with Gasteiger partial charge in [-0.1, -0.05) is 36.1 Å². The van der Waals surface area contributed by atoms with E-state index in [9.17, 15) is 9.18 Å². The molecule has 1 amide bonds. The molecule has 0 aliphatic carbocycles. The Balaban J connectivity index is 1.96. The lowest BCUT2D eigenvalue weighted by Crippen LogP contribution is -2.32. The van der Waals surface area contributed by atoms with Gasteiger partial charge in [0.05, 0.1) is 0 Å². The molecule has 2 aromatic rings. The quantitative estimate of drug-likeness (QED) is 0.665. The van der Waals surface area contributed by atoms with E-state index in [1.54, 1.807) is 18.2 Å². The Morgan fingerprint density at radius 2 is 1.87 bits per heavy atom. The molecule has 23 heavy (non-hydrogen) atoms. The molecular formula is C19H20FNO2. The summed E-state index contributed by atoms with van der Waals surface area (Å²) in [7, 11) is 0. The first-order valence-electron chi connectivity index (χ1n) is 7.50. The summed E-state index contributed by atoms with van der Waals surface area (Å²) in [6.07, 6.45) is 0.0387. The summed E-state index contributed by atoms with van der Waals surface area (Å²) in [5.74, 6) is 5.76. The maximum Gasteiger partial charge on any atom is 0.407 e. The Hall–Kier alpha value is -2.54. The highest BCUT2D eigenvalue weighted by Gasteiger charge is 2.15. The molecule has 0 bridgehead atoms. The van der Waals surface area contributed by atoms with Gasteiger partial charge in [0.15, 0.2) is 0 Å². The number of hydrogen-bond donors (Lipinski definition) is 1. The van der Waals surface area contributed by atoms with Crippen LogP contribution in [-0.4, -0.2) is 18.2 Å². The number of ether oxygens (including phenoxy) is 1. The molecule has 0 atom stereocenters. The van der Waals surface area contributed by atoms with Gasteiger partial charge in [-0.15, -0.1) is 0 Å². The molecular weight excluding hydrogens is 293 g/mol. The van der Waals surface area contributed by atoms with Crippen molar-refractivity contribution in [2.45, 2.75) is 32.8 Å². The molecule has 120 valence electrons. The number of nitrogens with one attached hydrogen (secondary N) is 1. The van der Waals surface area contributed by atoms with E-state index in [2.05, 4.69) is 17.2 Å². The first kappa shape index (κ1) is 16.8. The fraction of sp³-hybridized carbons (Fsp3) is 0.316. The molecule has 0 heterocycles. The predicted molar refractivity (Wildman–Crippen MR) is 89.6 cm³/mol. The summed E-state index contributed by atoms with van der Waals surface area (Å²) in [6.45, 7) is 5.84. The lowest BCUT2D eigenvalue weighted by Gasteiger charge is -2.19. The normalized spacial score (nSPS) is 10.8. The number of alkyl carbamates (subject to hydrolysis) is 1. The second kappa shape index (κ2) is 7.15. The van der Waals surface area contributed by atoms with Gasteiger partial charge in [-0.3, -0.25) is 0 Å².